The van der Waals surface area contributed by atoms with Gasteiger partial charge in [-0.25, -0.2) is 0 Å². The minimum absolute atomic E-state index is 0.216. The van der Waals surface area contributed by atoms with E-state index in [1.165, 1.54) is 0 Å². The number of para-hydroxylation sites is 1. The Labute approximate surface area is 211 Å². The standard InChI is InChI=1S/C28H31ClN2O4/c1-34-18-10-17-30-28(33)25(19-22-11-4-2-5-12-22)31(20-23-13-6-3-7-14-23)27(32)21-35-26-16-9-8-15-24(26)29/h2-9,11-16,25H,10,17-21H2,1H3,(H,30,33)/t25-/m1/s1. The van der Waals surface area contributed by atoms with Gasteiger partial charge in [0, 0.05) is 33.2 Å². The largest absolute Gasteiger partial charge is 0.482 e. The molecule has 0 aliphatic carbocycles. The van der Waals surface area contributed by atoms with Crippen LogP contribution < -0.4 is 10.1 Å². The van der Waals surface area contributed by atoms with Gasteiger partial charge in [0.15, 0.2) is 6.61 Å². The Bertz CT molecular complexity index is 1060. The van der Waals surface area contributed by atoms with Crippen LogP contribution in [0, 0.1) is 0 Å². The van der Waals surface area contributed by atoms with Gasteiger partial charge in [-0.2, -0.15) is 0 Å². The topological polar surface area (TPSA) is 67.9 Å². The van der Waals surface area contributed by atoms with Crippen molar-refractivity contribution in [2.45, 2.75) is 25.4 Å². The fourth-order valence-corrected chi connectivity index (χ4v) is 3.85. The smallest absolute Gasteiger partial charge is 0.261 e. The summed E-state index contributed by atoms with van der Waals surface area (Å²) in [6.45, 7) is 1.04. The monoisotopic (exact) mass is 494 g/mol. The molecule has 184 valence electrons. The van der Waals surface area contributed by atoms with E-state index in [1.54, 1.807) is 36.3 Å². The van der Waals surface area contributed by atoms with Crippen LogP contribution in [0.4, 0.5) is 0 Å². The Morgan fingerprint density at radius 2 is 1.54 bits per heavy atom. The predicted octanol–water partition coefficient (Wildman–Crippen LogP) is 4.51. The highest BCUT2D eigenvalue weighted by atomic mass is 35.5. The van der Waals surface area contributed by atoms with Crippen molar-refractivity contribution in [2.75, 3.05) is 26.9 Å². The summed E-state index contributed by atoms with van der Waals surface area (Å²) in [5, 5.41) is 3.39. The fraction of sp³-hybridized carbons (Fsp3) is 0.286. The van der Waals surface area contributed by atoms with Crippen LogP contribution in [0.2, 0.25) is 5.02 Å². The van der Waals surface area contributed by atoms with E-state index < -0.39 is 6.04 Å². The zero-order valence-corrected chi connectivity index (χ0v) is 20.6. The third-order valence-electron chi connectivity index (χ3n) is 5.48. The minimum Gasteiger partial charge on any atom is -0.482 e. The van der Waals surface area contributed by atoms with Crippen molar-refractivity contribution in [3.8, 4) is 5.75 Å². The molecule has 0 unspecified atom stereocenters. The summed E-state index contributed by atoms with van der Waals surface area (Å²) in [5.41, 5.74) is 1.88. The molecule has 0 fully saturated rings. The molecule has 1 N–H and O–H groups in total. The molecule has 1 atom stereocenters. The molecule has 0 saturated carbocycles. The second-order valence-electron chi connectivity index (χ2n) is 8.07. The molecule has 3 aromatic carbocycles. The highest BCUT2D eigenvalue weighted by Crippen LogP contribution is 2.23. The second-order valence-corrected chi connectivity index (χ2v) is 8.48. The molecule has 35 heavy (non-hydrogen) atoms. The Morgan fingerprint density at radius 1 is 0.914 bits per heavy atom. The molecule has 0 radical (unpaired) electrons. The third-order valence-corrected chi connectivity index (χ3v) is 5.79. The average Bonchev–Trinajstić information content (AvgIpc) is 2.89. The molecule has 0 aliphatic heterocycles. The number of hydrogen-bond donors (Lipinski definition) is 1. The van der Waals surface area contributed by atoms with Gasteiger partial charge < -0.3 is 19.7 Å². The van der Waals surface area contributed by atoms with Crippen molar-refractivity contribution in [3.05, 3.63) is 101 Å². The Kier molecular flexibility index (Phi) is 10.6. The number of hydrogen-bond acceptors (Lipinski definition) is 4. The van der Waals surface area contributed by atoms with E-state index in [4.69, 9.17) is 21.1 Å². The number of rotatable bonds is 13. The number of nitrogens with one attached hydrogen (secondary N) is 1. The van der Waals surface area contributed by atoms with Crippen molar-refractivity contribution < 1.29 is 19.1 Å². The van der Waals surface area contributed by atoms with Crippen LogP contribution in [0.15, 0.2) is 84.9 Å². The van der Waals surface area contributed by atoms with Crippen LogP contribution in [0.3, 0.4) is 0 Å². The number of nitrogens with zero attached hydrogens (tertiary/aromatic N) is 1. The van der Waals surface area contributed by atoms with Crippen LogP contribution in [-0.4, -0.2) is 49.6 Å². The molecule has 0 aromatic heterocycles. The minimum atomic E-state index is -0.720. The summed E-state index contributed by atoms with van der Waals surface area (Å²) >= 11 is 6.20. The third kappa shape index (κ3) is 8.42. The molecule has 0 heterocycles. The molecule has 7 heteroatoms. The highest BCUT2D eigenvalue weighted by molar-refractivity contribution is 6.32. The van der Waals surface area contributed by atoms with Crippen molar-refractivity contribution in [1.29, 1.82) is 0 Å². The average molecular weight is 495 g/mol. The van der Waals surface area contributed by atoms with Crippen LogP contribution in [0.25, 0.3) is 0 Å². The van der Waals surface area contributed by atoms with Gasteiger partial charge in [0.1, 0.15) is 11.8 Å². The molecule has 0 saturated heterocycles. The lowest BCUT2D eigenvalue weighted by atomic mass is 10.0. The van der Waals surface area contributed by atoms with Gasteiger partial charge in [-0.1, -0.05) is 84.4 Å². The lowest BCUT2D eigenvalue weighted by Gasteiger charge is -2.31. The second kappa shape index (κ2) is 14.1. The van der Waals surface area contributed by atoms with E-state index in [2.05, 4.69) is 5.32 Å². The van der Waals surface area contributed by atoms with Crippen LogP contribution >= 0.6 is 11.6 Å². The summed E-state index contributed by atoms with van der Waals surface area (Å²) in [7, 11) is 1.62. The maximum Gasteiger partial charge on any atom is 0.261 e. The molecule has 6 nitrogen and oxygen atoms in total. The Morgan fingerprint density at radius 3 is 2.20 bits per heavy atom. The van der Waals surface area contributed by atoms with E-state index in [0.29, 0.717) is 36.8 Å². The summed E-state index contributed by atoms with van der Waals surface area (Å²) in [4.78, 5) is 28.5. The molecule has 3 aromatic rings. The van der Waals surface area contributed by atoms with Gasteiger partial charge in [-0.05, 0) is 29.7 Å². The van der Waals surface area contributed by atoms with E-state index >= 15 is 0 Å². The summed E-state index contributed by atoms with van der Waals surface area (Å²) in [5.74, 6) is -0.0977. The molecular weight excluding hydrogens is 464 g/mol. The number of ether oxygens (including phenoxy) is 2. The van der Waals surface area contributed by atoms with Crippen molar-refractivity contribution in [1.82, 2.24) is 10.2 Å². The number of halogens is 1. The van der Waals surface area contributed by atoms with Gasteiger partial charge >= 0.3 is 0 Å². The molecule has 2 amide bonds. The maximum atomic E-state index is 13.5. The first-order valence-electron chi connectivity index (χ1n) is 11.6. The van der Waals surface area contributed by atoms with E-state index in [1.807, 2.05) is 60.7 Å². The highest BCUT2D eigenvalue weighted by Gasteiger charge is 2.30. The van der Waals surface area contributed by atoms with E-state index in [9.17, 15) is 9.59 Å². The SMILES string of the molecule is COCCCNC(=O)[C@@H](Cc1ccccc1)N(Cc1ccccc1)C(=O)COc1ccccc1Cl. The lowest BCUT2D eigenvalue weighted by molar-refractivity contribution is -0.142. The van der Waals surface area contributed by atoms with Gasteiger partial charge in [-0.15, -0.1) is 0 Å². The first-order chi connectivity index (χ1) is 17.1. The first-order valence-corrected chi connectivity index (χ1v) is 12.0. The van der Waals surface area contributed by atoms with Gasteiger partial charge in [0.05, 0.1) is 5.02 Å². The van der Waals surface area contributed by atoms with Crippen molar-refractivity contribution in [2.24, 2.45) is 0 Å². The summed E-state index contributed by atoms with van der Waals surface area (Å²) < 4.78 is 10.8. The summed E-state index contributed by atoms with van der Waals surface area (Å²) in [6, 6.07) is 25.6. The van der Waals surface area contributed by atoms with Gasteiger partial charge in [0.2, 0.25) is 5.91 Å². The Hall–Kier alpha value is -3.35. The van der Waals surface area contributed by atoms with E-state index in [0.717, 1.165) is 11.1 Å². The van der Waals surface area contributed by atoms with Crippen LogP contribution in [0.1, 0.15) is 17.5 Å². The molecular formula is C28H31ClN2O4. The molecule has 0 spiro atoms. The van der Waals surface area contributed by atoms with Gasteiger partial charge in [-0.3, -0.25) is 9.59 Å². The first kappa shape index (κ1) is 26.3. The zero-order valence-electron chi connectivity index (χ0n) is 19.9. The normalized spacial score (nSPS) is 11.5. The summed E-state index contributed by atoms with van der Waals surface area (Å²) in [6.07, 6.45) is 1.06. The predicted molar refractivity (Wildman–Crippen MR) is 137 cm³/mol. The van der Waals surface area contributed by atoms with Crippen molar-refractivity contribution >= 4 is 23.4 Å². The van der Waals surface area contributed by atoms with Crippen LogP contribution in [0.5, 0.6) is 5.75 Å². The number of carbonyl (C=O) groups excluding carboxylic acids is 2. The molecule has 3 rings (SSSR count). The van der Waals surface area contributed by atoms with Crippen LogP contribution in [-0.2, 0) is 27.3 Å². The molecule has 0 aliphatic rings. The van der Waals surface area contributed by atoms with Crippen molar-refractivity contribution in [3.63, 3.8) is 0 Å². The Balaban J connectivity index is 1.85. The number of benzene rings is 3. The maximum absolute atomic E-state index is 13.5. The quantitative estimate of drug-likeness (QED) is 0.355. The number of carbonyl (C=O) groups is 2. The number of methoxy groups -OCH3 is 1. The lowest BCUT2D eigenvalue weighted by Crippen LogP contribution is -2.51. The van der Waals surface area contributed by atoms with E-state index in [-0.39, 0.29) is 25.0 Å². The zero-order chi connectivity index (χ0) is 24.9. The number of amides is 2. The fourth-order valence-electron chi connectivity index (χ4n) is 3.66. The molecule has 0 bridgehead atoms. The van der Waals surface area contributed by atoms with Gasteiger partial charge in [0.25, 0.3) is 5.91 Å².